The lowest BCUT2D eigenvalue weighted by Gasteiger charge is -2.26. The molecule has 0 aromatic carbocycles. The van der Waals surface area contributed by atoms with Gasteiger partial charge in [-0.25, -0.2) is 9.10 Å². The van der Waals surface area contributed by atoms with Crippen molar-refractivity contribution in [3.05, 3.63) is 24.0 Å². The van der Waals surface area contributed by atoms with Gasteiger partial charge in [-0.1, -0.05) is 6.08 Å². The maximum Gasteiger partial charge on any atom is 0.517 e. The Morgan fingerprint density at radius 3 is 2.43 bits per heavy atom. The molecule has 1 N–H and O–H groups in total. The number of ether oxygens (including phenoxy) is 1. The Balaban J connectivity index is 3.26. The molecule has 118 valence electrons. The van der Waals surface area contributed by atoms with Crippen molar-refractivity contribution < 1.29 is 41.0 Å². The highest BCUT2D eigenvalue weighted by Crippen LogP contribution is 2.33. The molecular formula is C10H10F3NO6S. The molecule has 7 nitrogen and oxygen atoms in total. The van der Waals surface area contributed by atoms with E-state index in [1.807, 2.05) is 0 Å². The van der Waals surface area contributed by atoms with E-state index in [9.17, 15) is 31.2 Å². The molecule has 21 heavy (non-hydrogen) atoms. The second-order valence-corrected chi connectivity index (χ2v) is 5.70. The topological polar surface area (TPSA) is 101 Å². The molecule has 0 spiro atoms. The number of esters is 1. The molecule has 0 bridgehead atoms. The lowest BCUT2D eigenvalue weighted by molar-refractivity contribution is -0.139. The van der Waals surface area contributed by atoms with Crippen LogP contribution in [0.5, 0.6) is 0 Å². The van der Waals surface area contributed by atoms with Crippen molar-refractivity contribution >= 4 is 22.0 Å². The smallest absolute Gasteiger partial charge is 0.481 e. The fourth-order valence-electron chi connectivity index (χ4n) is 1.51. The summed E-state index contributed by atoms with van der Waals surface area (Å²) >= 11 is 0. The SMILES string of the molecule is COC(=O)C1=CC(CC(=O)O)C=CN1S(=O)(=O)C(F)(F)F. The van der Waals surface area contributed by atoms with Crippen LogP contribution in [0.15, 0.2) is 24.0 Å². The zero-order chi connectivity index (χ0) is 16.4. The molecule has 1 rings (SSSR count). The predicted molar refractivity (Wildman–Crippen MR) is 61.8 cm³/mol. The third kappa shape index (κ3) is 3.54. The van der Waals surface area contributed by atoms with Gasteiger partial charge in [0.1, 0.15) is 5.70 Å². The number of methoxy groups -OCH3 is 1. The van der Waals surface area contributed by atoms with Crippen LogP contribution in [-0.4, -0.2) is 42.4 Å². The van der Waals surface area contributed by atoms with E-state index in [1.54, 1.807) is 0 Å². The number of carboxylic acid groups (broad SMARTS) is 1. The van der Waals surface area contributed by atoms with Crippen LogP contribution < -0.4 is 0 Å². The van der Waals surface area contributed by atoms with Crippen molar-refractivity contribution in [2.75, 3.05) is 7.11 Å². The van der Waals surface area contributed by atoms with E-state index in [-0.39, 0.29) is 4.31 Å². The zero-order valence-electron chi connectivity index (χ0n) is 10.5. The van der Waals surface area contributed by atoms with Crippen molar-refractivity contribution in [3.8, 4) is 0 Å². The number of allylic oxidation sites excluding steroid dienone is 2. The zero-order valence-corrected chi connectivity index (χ0v) is 11.3. The highest BCUT2D eigenvalue weighted by atomic mass is 32.2. The Labute approximate surface area is 117 Å². The minimum Gasteiger partial charge on any atom is -0.481 e. The van der Waals surface area contributed by atoms with Gasteiger partial charge in [0.25, 0.3) is 0 Å². The molecule has 0 radical (unpaired) electrons. The molecular weight excluding hydrogens is 319 g/mol. The molecule has 1 heterocycles. The molecule has 0 aliphatic carbocycles. The maximum atomic E-state index is 12.5. The Kier molecular flexibility index (Phi) is 4.66. The van der Waals surface area contributed by atoms with Crippen molar-refractivity contribution in [1.82, 2.24) is 4.31 Å². The van der Waals surface area contributed by atoms with E-state index in [0.717, 1.165) is 19.3 Å². The van der Waals surface area contributed by atoms with E-state index in [2.05, 4.69) is 4.74 Å². The van der Waals surface area contributed by atoms with E-state index >= 15 is 0 Å². The summed E-state index contributed by atoms with van der Waals surface area (Å²) in [5.41, 5.74) is -6.53. The lowest BCUT2D eigenvalue weighted by atomic mass is 10.0. The molecule has 0 aromatic rings. The number of carboxylic acids is 1. The Morgan fingerprint density at radius 1 is 1.43 bits per heavy atom. The van der Waals surface area contributed by atoms with E-state index in [4.69, 9.17) is 5.11 Å². The summed E-state index contributed by atoms with van der Waals surface area (Å²) in [7, 11) is -4.97. The standard InChI is InChI=1S/C10H10F3NO6S/c1-20-9(17)7-4-6(5-8(15)16)2-3-14(7)21(18,19)10(11,12)13/h2-4,6H,5H2,1H3,(H,15,16). The number of hydrogen-bond acceptors (Lipinski definition) is 5. The van der Waals surface area contributed by atoms with Crippen LogP contribution in [0.3, 0.4) is 0 Å². The number of alkyl halides is 3. The molecule has 0 saturated carbocycles. The first-order valence-electron chi connectivity index (χ1n) is 5.31. The number of carbonyl (C=O) groups is 2. The van der Waals surface area contributed by atoms with Gasteiger partial charge >= 0.3 is 27.5 Å². The number of halogens is 3. The highest BCUT2D eigenvalue weighted by molar-refractivity contribution is 7.90. The van der Waals surface area contributed by atoms with Crippen LogP contribution in [-0.2, 0) is 24.3 Å². The van der Waals surface area contributed by atoms with Crippen LogP contribution in [0.1, 0.15) is 6.42 Å². The monoisotopic (exact) mass is 329 g/mol. The molecule has 1 unspecified atom stereocenters. The van der Waals surface area contributed by atoms with Gasteiger partial charge < -0.3 is 9.84 Å². The fourth-order valence-corrected chi connectivity index (χ4v) is 2.36. The molecule has 1 atom stereocenters. The van der Waals surface area contributed by atoms with Crippen LogP contribution >= 0.6 is 0 Å². The van der Waals surface area contributed by atoms with Gasteiger partial charge in [0, 0.05) is 12.1 Å². The minimum atomic E-state index is -5.83. The number of aliphatic carboxylic acids is 1. The Hall–Kier alpha value is -2.04. The molecule has 0 amide bonds. The highest BCUT2D eigenvalue weighted by Gasteiger charge is 2.51. The molecule has 11 heteroatoms. The van der Waals surface area contributed by atoms with E-state index in [1.165, 1.54) is 0 Å². The average molecular weight is 329 g/mol. The van der Waals surface area contributed by atoms with Crippen LogP contribution in [0.2, 0.25) is 0 Å². The average Bonchev–Trinajstić information content (AvgIpc) is 2.35. The van der Waals surface area contributed by atoms with Crippen molar-refractivity contribution in [2.45, 2.75) is 11.9 Å². The Morgan fingerprint density at radius 2 is 2.00 bits per heavy atom. The van der Waals surface area contributed by atoms with Gasteiger partial charge in [-0.05, 0) is 6.08 Å². The van der Waals surface area contributed by atoms with Crippen LogP contribution in [0.25, 0.3) is 0 Å². The second-order valence-electron chi connectivity index (χ2n) is 3.89. The molecule has 0 saturated heterocycles. The van der Waals surface area contributed by atoms with Gasteiger partial charge in [0.2, 0.25) is 0 Å². The Bertz CT molecular complexity index is 607. The summed E-state index contributed by atoms with van der Waals surface area (Å²) in [6.45, 7) is 0. The summed E-state index contributed by atoms with van der Waals surface area (Å²) in [5, 5.41) is 8.61. The third-order valence-corrected chi connectivity index (χ3v) is 3.86. The lowest BCUT2D eigenvalue weighted by Crippen LogP contribution is -2.40. The summed E-state index contributed by atoms with van der Waals surface area (Å²) in [4.78, 5) is 22.0. The number of hydrogen-bond donors (Lipinski definition) is 1. The van der Waals surface area contributed by atoms with Crippen molar-refractivity contribution in [3.63, 3.8) is 0 Å². The minimum absolute atomic E-state index is 0.281. The van der Waals surface area contributed by atoms with Gasteiger partial charge in [-0.2, -0.15) is 21.6 Å². The van der Waals surface area contributed by atoms with Gasteiger partial charge in [0.05, 0.1) is 13.5 Å². The van der Waals surface area contributed by atoms with Crippen LogP contribution in [0, 0.1) is 5.92 Å². The third-order valence-electron chi connectivity index (χ3n) is 2.43. The van der Waals surface area contributed by atoms with Crippen molar-refractivity contribution in [1.29, 1.82) is 0 Å². The first kappa shape index (κ1) is 17.0. The fraction of sp³-hybridized carbons (Fsp3) is 0.400. The number of nitrogens with zero attached hydrogens (tertiary/aromatic N) is 1. The first-order valence-corrected chi connectivity index (χ1v) is 6.75. The van der Waals surface area contributed by atoms with Gasteiger partial charge in [-0.15, -0.1) is 0 Å². The summed E-state index contributed by atoms with van der Waals surface area (Å²) in [5.74, 6) is -3.53. The molecule has 0 fully saturated rings. The number of carbonyl (C=O) groups excluding carboxylic acids is 1. The normalized spacial score (nSPS) is 19.1. The number of sulfonamides is 1. The second kappa shape index (κ2) is 5.76. The van der Waals surface area contributed by atoms with E-state index < -0.39 is 45.5 Å². The number of rotatable bonds is 4. The molecule has 1 aliphatic rings. The quantitative estimate of drug-likeness (QED) is 0.766. The summed E-state index contributed by atoms with van der Waals surface area (Å²) < 4.78 is 64.2. The predicted octanol–water partition coefficient (Wildman–Crippen LogP) is 0.813. The van der Waals surface area contributed by atoms with Gasteiger partial charge in [0.15, 0.2) is 0 Å². The summed E-state index contributed by atoms with van der Waals surface area (Å²) in [6, 6.07) is 0. The van der Waals surface area contributed by atoms with Crippen LogP contribution in [0.4, 0.5) is 13.2 Å². The summed E-state index contributed by atoms with van der Waals surface area (Å²) in [6.07, 6.45) is 1.70. The molecule has 1 aliphatic heterocycles. The van der Waals surface area contributed by atoms with Crippen molar-refractivity contribution in [2.24, 2.45) is 5.92 Å². The van der Waals surface area contributed by atoms with Gasteiger partial charge in [-0.3, -0.25) is 4.79 Å². The maximum absolute atomic E-state index is 12.5. The van der Waals surface area contributed by atoms with E-state index in [0.29, 0.717) is 6.20 Å². The molecule has 0 aromatic heterocycles. The first-order chi connectivity index (χ1) is 9.50. The largest absolute Gasteiger partial charge is 0.517 e.